The minimum atomic E-state index is -0.176. The van der Waals surface area contributed by atoms with Gasteiger partial charge in [0, 0.05) is 44.5 Å². The summed E-state index contributed by atoms with van der Waals surface area (Å²) in [5, 5.41) is 2.21. The monoisotopic (exact) mass is 564 g/mol. The van der Waals surface area contributed by atoms with Crippen molar-refractivity contribution in [1.82, 2.24) is 9.97 Å². The molecular formula is C38H52N4. The molecule has 0 atom stereocenters. The lowest BCUT2D eigenvalue weighted by Crippen LogP contribution is -2.27. The van der Waals surface area contributed by atoms with Gasteiger partial charge in [-0.25, -0.2) is 4.99 Å². The van der Waals surface area contributed by atoms with Crippen LogP contribution in [0.25, 0.3) is 22.3 Å². The predicted molar refractivity (Wildman–Crippen MR) is 183 cm³/mol. The maximum Gasteiger partial charge on any atom is 0.0695 e. The zero-order chi connectivity index (χ0) is 31.4. The van der Waals surface area contributed by atoms with Crippen LogP contribution in [0.1, 0.15) is 101 Å². The molecule has 0 saturated heterocycles. The lowest BCUT2D eigenvalue weighted by atomic mass is 9.80. The molecule has 0 aliphatic carbocycles. The zero-order valence-corrected chi connectivity index (χ0v) is 28.2. The second-order valence-electron chi connectivity index (χ2n) is 15.8. The quantitative estimate of drug-likeness (QED) is 0.295. The van der Waals surface area contributed by atoms with Crippen LogP contribution in [0.4, 0.5) is 0 Å². The summed E-state index contributed by atoms with van der Waals surface area (Å²) in [4.78, 5) is 12.9. The fraction of sp³-hybridized carbons (Fsp3) is 0.447. The summed E-state index contributed by atoms with van der Waals surface area (Å²) in [6.07, 6.45) is 10.8. The summed E-state index contributed by atoms with van der Waals surface area (Å²) >= 11 is 0. The first-order chi connectivity index (χ1) is 19.2. The largest absolute Gasteiger partial charge is 0.398 e. The van der Waals surface area contributed by atoms with Crippen molar-refractivity contribution >= 4 is 28.0 Å². The molecule has 4 heterocycles. The van der Waals surface area contributed by atoms with Gasteiger partial charge >= 0.3 is 0 Å². The molecule has 0 saturated carbocycles. The minimum absolute atomic E-state index is 0.110. The number of nitrogens with one attached hydrogen (secondary N) is 2. The van der Waals surface area contributed by atoms with E-state index in [2.05, 4.69) is 155 Å². The lowest BCUT2D eigenvalue weighted by molar-refractivity contribution is 0.558. The maximum atomic E-state index is 6.94. The summed E-state index contributed by atoms with van der Waals surface area (Å²) in [5.41, 5.74) is 17.1. The van der Waals surface area contributed by atoms with E-state index in [0.29, 0.717) is 0 Å². The van der Waals surface area contributed by atoms with Crippen LogP contribution in [0.5, 0.6) is 0 Å². The molecule has 42 heavy (non-hydrogen) atoms. The first kappa shape index (κ1) is 31.4. The predicted octanol–water partition coefficient (Wildman–Crippen LogP) is 8.44. The van der Waals surface area contributed by atoms with Crippen LogP contribution in [0.15, 0.2) is 76.6 Å². The molecule has 2 aliphatic rings. The SMILES string of the molecule is C/C=C1\C=C/C(N)=C(\C(C)(C)C)c2ccc([nH]2)/C(C(C)(C)C)=C2/C=CC(=N2)/C(C(C)(C)C)=c2/cc\c([nH]2)=C\1C(C)(C)C. The molecule has 4 nitrogen and oxygen atoms in total. The molecule has 224 valence electrons. The molecule has 2 aromatic heterocycles. The Morgan fingerprint density at radius 1 is 0.571 bits per heavy atom. The van der Waals surface area contributed by atoms with Crippen molar-refractivity contribution in [2.75, 3.05) is 0 Å². The number of H-pyrrole nitrogens is 2. The number of allylic oxidation sites excluding steroid dienone is 8. The molecule has 0 spiro atoms. The smallest absolute Gasteiger partial charge is 0.0695 e. The van der Waals surface area contributed by atoms with E-state index in [9.17, 15) is 0 Å². The summed E-state index contributed by atoms with van der Waals surface area (Å²) < 4.78 is 0. The van der Waals surface area contributed by atoms with Crippen LogP contribution in [-0.4, -0.2) is 15.7 Å². The summed E-state index contributed by atoms with van der Waals surface area (Å²) in [6, 6.07) is 8.79. The van der Waals surface area contributed by atoms with Gasteiger partial charge in [-0.15, -0.1) is 0 Å². The molecule has 6 bridgehead atoms. The molecule has 0 fully saturated rings. The van der Waals surface area contributed by atoms with E-state index >= 15 is 0 Å². The van der Waals surface area contributed by atoms with Gasteiger partial charge in [-0.05, 0) is 82.2 Å². The topological polar surface area (TPSA) is 70.0 Å². The number of hydrogen-bond donors (Lipinski definition) is 3. The van der Waals surface area contributed by atoms with Crippen LogP contribution in [0, 0.1) is 21.7 Å². The van der Waals surface area contributed by atoms with Crippen molar-refractivity contribution in [3.05, 3.63) is 93.7 Å². The first-order valence-electron chi connectivity index (χ1n) is 15.2. The van der Waals surface area contributed by atoms with Crippen molar-refractivity contribution in [2.24, 2.45) is 32.4 Å². The third kappa shape index (κ3) is 6.14. The van der Waals surface area contributed by atoms with E-state index < -0.39 is 0 Å². The van der Waals surface area contributed by atoms with Crippen molar-refractivity contribution in [1.29, 1.82) is 0 Å². The van der Waals surface area contributed by atoms with Gasteiger partial charge in [0.2, 0.25) is 0 Å². The Balaban J connectivity index is 2.22. The maximum absolute atomic E-state index is 6.94. The van der Waals surface area contributed by atoms with Gasteiger partial charge in [-0.1, -0.05) is 95.2 Å². The minimum Gasteiger partial charge on any atom is -0.398 e. The Kier molecular flexibility index (Phi) is 7.95. The van der Waals surface area contributed by atoms with Crippen molar-refractivity contribution < 1.29 is 0 Å². The molecule has 0 unspecified atom stereocenters. The number of aliphatic imine (C=N–C) groups is 1. The van der Waals surface area contributed by atoms with E-state index in [4.69, 9.17) is 10.7 Å². The summed E-state index contributed by atoms with van der Waals surface area (Å²) in [5.74, 6) is 0. The lowest BCUT2D eigenvalue weighted by Gasteiger charge is -2.26. The highest BCUT2D eigenvalue weighted by Crippen LogP contribution is 2.42. The fourth-order valence-electron chi connectivity index (χ4n) is 6.44. The van der Waals surface area contributed by atoms with Crippen LogP contribution in [-0.2, 0) is 0 Å². The standard InChI is InChI=1S/C38H52N4/c1-14-23-15-16-24(39)32(36(5,6)7)26-18-20-28(41-26)34(38(11,12)13)30-22-21-29(42-30)33(37(8,9)10)27-19-17-25(40-27)31(23)35(2,3)4/h14-22,40-41H,39H2,1-13H3/b16-15-,23-14+,31-25+,32-24+,33-27+,34-30+. The van der Waals surface area contributed by atoms with Gasteiger partial charge in [0.15, 0.2) is 0 Å². The third-order valence-electron chi connectivity index (χ3n) is 7.93. The number of hydrogen-bond acceptors (Lipinski definition) is 2. The van der Waals surface area contributed by atoms with Crippen molar-refractivity contribution in [3.8, 4) is 0 Å². The average molecular weight is 565 g/mol. The molecule has 4 N–H and O–H groups in total. The van der Waals surface area contributed by atoms with Crippen LogP contribution < -0.4 is 16.4 Å². The van der Waals surface area contributed by atoms with Gasteiger partial charge in [0.05, 0.1) is 11.4 Å². The Labute approximate surface area is 253 Å². The van der Waals surface area contributed by atoms with Crippen LogP contribution >= 0.6 is 0 Å². The number of fused-ring (bicyclic) bond motifs is 5. The van der Waals surface area contributed by atoms with Gasteiger partial charge in [-0.2, -0.15) is 0 Å². The number of aromatic amines is 2. The molecule has 2 aliphatic heterocycles. The second kappa shape index (κ2) is 10.6. The summed E-state index contributed by atoms with van der Waals surface area (Å²) in [7, 11) is 0. The van der Waals surface area contributed by atoms with Gasteiger partial charge in [0.25, 0.3) is 0 Å². The van der Waals surface area contributed by atoms with E-state index in [1.54, 1.807) is 0 Å². The Morgan fingerprint density at radius 3 is 1.57 bits per heavy atom. The first-order valence-corrected chi connectivity index (χ1v) is 15.2. The Hall–Kier alpha value is -3.53. The number of nitrogens with two attached hydrogens (primary N) is 1. The van der Waals surface area contributed by atoms with E-state index in [-0.39, 0.29) is 21.7 Å². The zero-order valence-electron chi connectivity index (χ0n) is 28.2. The number of nitrogens with zero attached hydrogens (tertiary/aromatic N) is 1. The highest BCUT2D eigenvalue weighted by Gasteiger charge is 2.30. The molecule has 2 aromatic rings. The number of rotatable bonds is 0. The van der Waals surface area contributed by atoms with Crippen LogP contribution in [0.2, 0.25) is 0 Å². The van der Waals surface area contributed by atoms with Gasteiger partial charge < -0.3 is 15.7 Å². The van der Waals surface area contributed by atoms with Crippen molar-refractivity contribution in [2.45, 2.75) is 90.0 Å². The van der Waals surface area contributed by atoms with Gasteiger partial charge in [0.1, 0.15) is 0 Å². The van der Waals surface area contributed by atoms with E-state index in [0.717, 1.165) is 50.3 Å². The van der Waals surface area contributed by atoms with E-state index in [1.807, 2.05) is 0 Å². The highest BCUT2D eigenvalue weighted by molar-refractivity contribution is 6.27. The van der Waals surface area contributed by atoms with Crippen molar-refractivity contribution in [3.63, 3.8) is 0 Å². The summed E-state index contributed by atoms with van der Waals surface area (Å²) in [6.45, 7) is 29.1. The molecule has 0 radical (unpaired) electrons. The molecule has 4 rings (SSSR count). The Bertz CT molecular complexity index is 1690. The second-order valence-corrected chi connectivity index (χ2v) is 15.8. The normalized spacial score (nSPS) is 25.2. The molecule has 0 aromatic carbocycles. The van der Waals surface area contributed by atoms with Gasteiger partial charge in [-0.3, -0.25) is 0 Å². The third-order valence-corrected chi connectivity index (χ3v) is 7.93. The van der Waals surface area contributed by atoms with Crippen LogP contribution in [0.3, 0.4) is 0 Å². The highest BCUT2D eigenvalue weighted by atomic mass is 14.8. The molecule has 4 heteroatoms. The van der Waals surface area contributed by atoms with E-state index in [1.165, 1.54) is 16.7 Å². The fourth-order valence-corrected chi connectivity index (χ4v) is 6.44. The average Bonchev–Trinajstić information content (AvgIpc) is 3.56. The Morgan fingerprint density at radius 2 is 1.07 bits per heavy atom. The molecule has 0 amide bonds. The number of aromatic nitrogens is 2. The molecular weight excluding hydrogens is 512 g/mol.